The normalized spacial score (nSPS) is 13.9. The first kappa shape index (κ1) is 16.0. The molecule has 0 amide bonds. The number of nitrogens with zero attached hydrogens (tertiary/aromatic N) is 1. The number of carbonyl (C=O) groups excluding carboxylic acids is 1. The molecule has 0 aliphatic rings. The van der Waals surface area contributed by atoms with Crippen LogP contribution in [0, 0.1) is 5.92 Å². The first-order valence-electron chi connectivity index (χ1n) is 6.52. The third-order valence-corrected chi connectivity index (χ3v) is 2.71. The minimum Gasteiger partial charge on any atom is -0.460 e. The van der Waals surface area contributed by atoms with Crippen LogP contribution < -0.4 is 5.73 Å². The van der Waals surface area contributed by atoms with Gasteiger partial charge in [-0.25, -0.2) is 0 Å². The number of nitrogens with two attached hydrogens (primary N) is 1. The number of amidine groups is 1. The molecular formula is C15H22N2O3. The Balaban J connectivity index is 2.67. The molecule has 0 spiro atoms. The molecule has 0 aliphatic heterocycles. The Morgan fingerprint density at radius 3 is 2.35 bits per heavy atom. The van der Waals surface area contributed by atoms with Crippen molar-refractivity contribution in [3.05, 3.63) is 35.4 Å². The molecule has 0 saturated carbocycles. The monoisotopic (exact) mass is 278 g/mol. The smallest absolute Gasteiger partial charge is 0.309 e. The lowest BCUT2D eigenvalue weighted by Crippen LogP contribution is -2.28. The second kappa shape index (κ2) is 6.41. The summed E-state index contributed by atoms with van der Waals surface area (Å²) in [4.78, 5) is 11.9. The third kappa shape index (κ3) is 4.91. The van der Waals surface area contributed by atoms with Gasteiger partial charge in [-0.3, -0.25) is 4.79 Å². The fourth-order valence-electron chi connectivity index (χ4n) is 1.71. The van der Waals surface area contributed by atoms with E-state index in [0.29, 0.717) is 12.0 Å². The Hall–Kier alpha value is -2.04. The van der Waals surface area contributed by atoms with Gasteiger partial charge in [0, 0.05) is 5.56 Å². The highest BCUT2D eigenvalue weighted by Crippen LogP contribution is 2.15. The summed E-state index contributed by atoms with van der Waals surface area (Å²) in [6.07, 6.45) is 0.589. The molecule has 5 nitrogen and oxygen atoms in total. The van der Waals surface area contributed by atoms with Crippen LogP contribution in [0.1, 0.15) is 38.8 Å². The van der Waals surface area contributed by atoms with Gasteiger partial charge >= 0.3 is 5.97 Å². The number of carbonyl (C=O) groups is 1. The second-order valence-corrected chi connectivity index (χ2v) is 5.82. The van der Waals surface area contributed by atoms with Gasteiger partial charge < -0.3 is 15.7 Å². The number of esters is 1. The minimum atomic E-state index is -0.471. The van der Waals surface area contributed by atoms with Crippen LogP contribution in [-0.2, 0) is 16.0 Å². The summed E-state index contributed by atoms with van der Waals surface area (Å²) < 4.78 is 5.34. The molecule has 0 saturated heterocycles. The van der Waals surface area contributed by atoms with Crippen molar-refractivity contribution in [3.8, 4) is 0 Å². The Labute approximate surface area is 119 Å². The maximum atomic E-state index is 11.9. The van der Waals surface area contributed by atoms with E-state index in [0.717, 1.165) is 5.56 Å². The Morgan fingerprint density at radius 2 is 1.90 bits per heavy atom. The van der Waals surface area contributed by atoms with Crippen molar-refractivity contribution in [2.45, 2.75) is 39.7 Å². The topological polar surface area (TPSA) is 84.9 Å². The number of benzene rings is 1. The summed E-state index contributed by atoms with van der Waals surface area (Å²) in [5, 5.41) is 11.5. The van der Waals surface area contributed by atoms with Crippen molar-refractivity contribution in [2.75, 3.05) is 0 Å². The van der Waals surface area contributed by atoms with E-state index in [9.17, 15) is 4.79 Å². The van der Waals surface area contributed by atoms with Crippen molar-refractivity contribution >= 4 is 11.8 Å². The summed E-state index contributed by atoms with van der Waals surface area (Å²) in [6.45, 7) is 7.39. The van der Waals surface area contributed by atoms with Gasteiger partial charge in [0.1, 0.15) is 5.60 Å². The first-order valence-corrected chi connectivity index (χ1v) is 6.52. The highest BCUT2D eigenvalue weighted by Gasteiger charge is 2.21. The van der Waals surface area contributed by atoms with Crippen molar-refractivity contribution in [2.24, 2.45) is 16.8 Å². The van der Waals surface area contributed by atoms with Gasteiger partial charge in [0.25, 0.3) is 0 Å². The summed E-state index contributed by atoms with van der Waals surface area (Å²) in [7, 11) is 0. The Kier molecular flexibility index (Phi) is 5.13. The van der Waals surface area contributed by atoms with Crippen LogP contribution in [-0.4, -0.2) is 22.6 Å². The molecule has 0 bridgehead atoms. The van der Waals surface area contributed by atoms with Gasteiger partial charge in [-0.1, -0.05) is 36.3 Å². The predicted molar refractivity (Wildman–Crippen MR) is 77.7 cm³/mol. The number of rotatable bonds is 4. The molecule has 1 rings (SSSR count). The molecule has 0 radical (unpaired) electrons. The maximum Gasteiger partial charge on any atom is 0.309 e. The van der Waals surface area contributed by atoms with E-state index >= 15 is 0 Å². The third-order valence-electron chi connectivity index (χ3n) is 2.71. The van der Waals surface area contributed by atoms with Gasteiger partial charge in [-0.2, -0.15) is 0 Å². The standard InChI is InChI=1S/C15H22N2O3/c1-10(14(18)20-15(2,3)4)9-11-5-7-12(8-6-11)13(16)17-19/h5-8,10,19H,9H2,1-4H3,(H2,16,17)/t10-/m0/s1. The average Bonchev–Trinajstić information content (AvgIpc) is 2.36. The maximum absolute atomic E-state index is 11.9. The average molecular weight is 278 g/mol. The van der Waals surface area contributed by atoms with Gasteiger partial charge in [0.2, 0.25) is 0 Å². The van der Waals surface area contributed by atoms with Crippen LogP contribution in [0.25, 0.3) is 0 Å². The molecule has 1 aromatic rings. The zero-order valence-corrected chi connectivity index (χ0v) is 12.4. The van der Waals surface area contributed by atoms with Gasteiger partial charge in [0.15, 0.2) is 5.84 Å². The van der Waals surface area contributed by atoms with E-state index in [2.05, 4.69) is 5.16 Å². The molecule has 1 aromatic carbocycles. The molecule has 1 atom stereocenters. The second-order valence-electron chi connectivity index (χ2n) is 5.82. The largest absolute Gasteiger partial charge is 0.460 e. The van der Waals surface area contributed by atoms with Crippen LogP contribution in [0.4, 0.5) is 0 Å². The molecule has 0 aromatic heterocycles. The van der Waals surface area contributed by atoms with Crippen LogP contribution >= 0.6 is 0 Å². The number of hydrogen-bond donors (Lipinski definition) is 2. The van der Waals surface area contributed by atoms with Crippen LogP contribution in [0.2, 0.25) is 0 Å². The lowest BCUT2D eigenvalue weighted by Gasteiger charge is -2.22. The summed E-state index contributed by atoms with van der Waals surface area (Å²) >= 11 is 0. The summed E-state index contributed by atoms with van der Waals surface area (Å²) in [6, 6.07) is 7.22. The molecular weight excluding hydrogens is 256 g/mol. The van der Waals surface area contributed by atoms with Gasteiger partial charge in [0.05, 0.1) is 5.92 Å². The summed E-state index contributed by atoms with van der Waals surface area (Å²) in [5.41, 5.74) is 6.66. The number of ether oxygens (including phenoxy) is 1. The van der Waals surface area contributed by atoms with Crippen molar-refractivity contribution in [1.82, 2.24) is 0 Å². The van der Waals surface area contributed by atoms with Crippen LogP contribution in [0.5, 0.6) is 0 Å². The molecule has 5 heteroatoms. The zero-order chi connectivity index (χ0) is 15.3. The Morgan fingerprint density at radius 1 is 1.35 bits per heavy atom. The Bertz CT molecular complexity index is 487. The van der Waals surface area contributed by atoms with E-state index in [4.69, 9.17) is 15.7 Å². The van der Waals surface area contributed by atoms with Crippen LogP contribution in [0.3, 0.4) is 0 Å². The molecule has 110 valence electrons. The quantitative estimate of drug-likeness (QED) is 0.291. The molecule has 0 aliphatic carbocycles. The van der Waals surface area contributed by atoms with Crippen molar-refractivity contribution in [3.63, 3.8) is 0 Å². The SMILES string of the molecule is C[C@@H](Cc1ccc(/C(N)=N\O)cc1)C(=O)OC(C)(C)C. The highest BCUT2D eigenvalue weighted by molar-refractivity contribution is 5.96. The fraction of sp³-hybridized carbons (Fsp3) is 0.467. The minimum absolute atomic E-state index is 0.0664. The number of oxime groups is 1. The highest BCUT2D eigenvalue weighted by atomic mass is 16.6. The first-order chi connectivity index (χ1) is 9.23. The molecule has 0 fully saturated rings. The van der Waals surface area contributed by atoms with E-state index in [1.807, 2.05) is 39.8 Å². The van der Waals surface area contributed by atoms with Gasteiger partial charge in [-0.15, -0.1) is 0 Å². The lowest BCUT2D eigenvalue weighted by atomic mass is 9.99. The molecule has 0 heterocycles. The van der Waals surface area contributed by atoms with Crippen LogP contribution in [0.15, 0.2) is 29.4 Å². The summed E-state index contributed by atoms with van der Waals surface area (Å²) in [5.74, 6) is -0.362. The van der Waals surface area contributed by atoms with E-state index in [1.54, 1.807) is 12.1 Å². The van der Waals surface area contributed by atoms with Crippen molar-refractivity contribution < 1.29 is 14.7 Å². The van der Waals surface area contributed by atoms with Gasteiger partial charge in [-0.05, 0) is 32.8 Å². The van der Waals surface area contributed by atoms with Crippen molar-refractivity contribution in [1.29, 1.82) is 0 Å². The number of hydrogen-bond acceptors (Lipinski definition) is 4. The van der Waals surface area contributed by atoms with E-state index < -0.39 is 5.60 Å². The molecule has 20 heavy (non-hydrogen) atoms. The molecule has 3 N–H and O–H groups in total. The van der Waals surface area contributed by atoms with E-state index in [-0.39, 0.29) is 17.7 Å². The van der Waals surface area contributed by atoms with E-state index in [1.165, 1.54) is 0 Å². The molecule has 0 unspecified atom stereocenters. The fourth-order valence-corrected chi connectivity index (χ4v) is 1.71. The lowest BCUT2D eigenvalue weighted by molar-refractivity contribution is -0.159. The zero-order valence-electron chi connectivity index (χ0n) is 12.4. The predicted octanol–water partition coefficient (Wildman–Crippen LogP) is 2.30.